The van der Waals surface area contributed by atoms with Gasteiger partial charge >= 0.3 is 0 Å². The van der Waals surface area contributed by atoms with Gasteiger partial charge in [0.25, 0.3) is 5.91 Å². The highest BCUT2D eigenvalue weighted by atomic mass is 19.1. The van der Waals surface area contributed by atoms with E-state index < -0.39 is 0 Å². The Balaban J connectivity index is 2.08. The molecule has 4 nitrogen and oxygen atoms in total. The van der Waals surface area contributed by atoms with Crippen LogP contribution in [0.2, 0.25) is 0 Å². The van der Waals surface area contributed by atoms with E-state index in [1.54, 1.807) is 24.5 Å². The molecule has 1 amide bonds. The number of likely N-dealkylation sites (N-methyl/N-ethyl adjacent to an activating group) is 1. The van der Waals surface area contributed by atoms with Gasteiger partial charge in [-0.1, -0.05) is 19.1 Å². The third kappa shape index (κ3) is 3.45. The van der Waals surface area contributed by atoms with E-state index in [9.17, 15) is 9.18 Å². The minimum absolute atomic E-state index is 0.136. The molecule has 1 aromatic heterocycles. The van der Waals surface area contributed by atoms with Gasteiger partial charge in [-0.15, -0.1) is 0 Å². The second kappa shape index (κ2) is 6.86. The summed E-state index contributed by atoms with van der Waals surface area (Å²) >= 11 is 0. The lowest BCUT2D eigenvalue weighted by molar-refractivity contribution is 0.0955. The Morgan fingerprint density at radius 1 is 1.20 bits per heavy atom. The first kappa shape index (κ1) is 14.3. The monoisotopic (exact) mass is 275 g/mol. The van der Waals surface area contributed by atoms with Crippen molar-refractivity contribution in [2.75, 3.05) is 19.6 Å². The Labute approximate surface area is 117 Å². The summed E-state index contributed by atoms with van der Waals surface area (Å²) in [6.45, 7) is 4.20. The molecule has 0 aliphatic carbocycles. The maximum atomic E-state index is 12.9. The Bertz CT molecular complexity index is 563. The molecule has 0 saturated heterocycles. The van der Waals surface area contributed by atoms with Crippen LogP contribution in [0, 0.1) is 5.82 Å². The molecule has 3 N–H and O–H groups in total. The smallest absolute Gasteiger partial charge is 0.253 e. The molecule has 1 aromatic carbocycles. The molecule has 5 heteroatoms. The predicted molar refractivity (Wildman–Crippen MR) is 77.1 cm³/mol. The summed E-state index contributed by atoms with van der Waals surface area (Å²) < 4.78 is 12.9. The van der Waals surface area contributed by atoms with Crippen molar-refractivity contribution < 1.29 is 9.18 Å². The van der Waals surface area contributed by atoms with E-state index >= 15 is 0 Å². The second-order valence-corrected chi connectivity index (χ2v) is 4.40. The van der Waals surface area contributed by atoms with Crippen LogP contribution in [0.15, 0.2) is 36.7 Å². The molecule has 0 atom stereocenters. The van der Waals surface area contributed by atoms with E-state index in [0.29, 0.717) is 12.1 Å². The molecule has 0 spiro atoms. The largest absolute Gasteiger partial charge is 0.366 e. The lowest BCUT2D eigenvalue weighted by Crippen LogP contribution is -2.31. The van der Waals surface area contributed by atoms with Crippen LogP contribution in [0.1, 0.15) is 17.3 Å². The van der Waals surface area contributed by atoms with Gasteiger partial charge < -0.3 is 15.6 Å². The SMILES string of the molecule is CCNCCNC(=O)c1c[nH]cc1-c1ccc(F)cc1. The van der Waals surface area contributed by atoms with E-state index in [-0.39, 0.29) is 11.7 Å². The summed E-state index contributed by atoms with van der Waals surface area (Å²) in [5.74, 6) is -0.426. The van der Waals surface area contributed by atoms with Crippen molar-refractivity contribution >= 4 is 5.91 Å². The number of aromatic amines is 1. The standard InChI is InChI=1S/C15H18FN3O/c1-2-17-7-8-19-15(20)14-10-18-9-13(14)11-3-5-12(16)6-4-11/h3-6,9-10,17-18H,2,7-8H2,1H3,(H,19,20). The molecule has 106 valence electrons. The van der Waals surface area contributed by atoms with Gasteiger partial charge in [0, 0.05) is 31.0 Å². The Kier molecular flexibility index (Phi) is 4.90. The van der Waals surface area contributed by atoms with Gasteiger partial charge in [0.05, 0.1) is 5.56 Å². The van der Waals surface area contributed by atoms with Crippen LogP contribution in [-0.2, 0) is 0 Å². The van der Waals surface area contributed by atoms with Gasteiger partial charge in [0.15, 0.2) is 0 Å². The van der Waals surface area contributed by atoms with Gasteiger partial charge in [0.1, 0.15) is 5.82 Å². The molecule has 1 heterocycles. The number of H-pyrrole nitrogens is 1. The minimum Gasteiger partial charge on any atom is -0.366 e. The molecule has 0 aliphatic heterocycles. The maximum absolute atomic E-state index is 12.9. The number of hydrogen-bond acceptors (Lipinski definition) is 2. The molecule has 0 fully saturated rings. The van der Waals surface area contributed by atoms with Gasteiger partial charge in [-0.05, 0) is 24.2 Å². The van der Waals surface area contributed by atoms with Crippen LogP contribution in [0.5, 0.6) is 0 Å². The number of nitrogens with one attached hydrogen (secondary N) is 3. The topological polar surface area (TPSA) is 56.9 Å². The Morgan fingerprint density at radius 2 is 1.95 bits per heavy atom. The van der Waals surface area contributed by atoms with Crippen LogP contribution in [0.4, 0.5) is 4.39 Å². The van der Waals surface area contributed by atoms with Crippen molar-refractivity contribution in [3.05, 3.63) is 48.0 Å². The fourth-order valence-electron chi connectivity index (χ4n) is 1.96. The van der Waals surface area contributed by atoms with Gasteiger partial charge in [-0.3, -0.25) is 4.79 Å². The van der Waals surface area contributed by atoms with Crippen LogP contribution in [0.25, 0.3) is 11.1 Å². The third-order valence-corrected chi connectivity index (χ3v) is 2.98. The molecule has 0 saturated carbocycles. The number of halogens is 1. The fraction of sp³-hybridized carbons (Fsp3) is 0.267. The van der Waals surface area contributed by atoms with Crippen LogP contribution >= 0.6 is 0 Å². The van der Waals surface area contributed by atoms with Crippen molar-refractivity contribution in [1.29, 1.82) is 0 Å². The van der Waals surface area contributed by atoms with Crippen LogP contribution < -0.4 is 10.6 Å². The highest BCUT2D eigenvalue weighted by molar-refractivity contribution is 6.00. The zero-order valence-corrected chi connectivity index (χ0v) is 11.4. The number of benzene rings is 1. The fourth-order valence-corrected chi connectivity index (χ4v) is 1.96. The van der Waals surface area contributed by atoms with Crippen molar-refractivity contribution in [3.8, 4) is 11.1 Å². The zero-order chi connectivity index (χ0) is 14.4. The first-order valence-corrected chi connectivity index (χ1v) is 6.64. The molecule has 20 heavy (non-hydrogen) atoms. The summed E-state index contributed by atoms with van der Waals surface area (Å²) in [6.07, 6.45) is 3.40. The lowest BCUT2D eigenvalue weighted by Gasteiger charge is -2.07. The highest BCUT2D eigenvalue weighted by Gasteiger charge is 2.13. The molecular formula is C15H18FN3O. The summed E-state index contributed by atoms with van der Waals surface area (Å²) in [5, 5.41) is 5.98. The number of amides is 1. The summed E-state index contributed by atoms with van der Waals surface area (Å²) in [5.41, 5.74) is 2.14. The zero-order valence-electron chi connectivity index (χ0n) is 11.4. The third-order valence-electron chi connectivity index (χ3n) is 2.98. The lowest BCUT2D eigenvalue weighted by atomic mass is 10.0. The average Bonchev–Trinajstić information content (AvgIpc) is 2.93. The molecule has 0 aliphatic rings. The first-order chi connectivity index (χ1) is 9.72. The summed E-state index contributed by atoms with van der Waals surface area (Å²) in [6, 6.07) is 6.09. The number of carbonyl (C=O) groups is 1. The van der Waals surface area contributed by atoms with Crippen molar-refractivity contribution in [2.24, 2.45) is 0 Å². The molecule has 0 radical (unpaired) electrons. The number of carbonyl (C=O) groups excluding carboxylic acids is 1. The van der Waals surface area contributed by atoms with E-state index in [1.807, 2.05) is 6.92 Å². The first-order valence-electron chi connectivity index (χ1n) is 6.64. The number of hydrogen-bond donors (Lipinski definition) is 3. The molecular weight excluding hydrogens is 257 g/mol. The molecule has 0 bridgehead atoms. The average molecular weight is 275 g/mol. The second-order valence-electron chi connectivity index (χ2n) is 4.40. The summed E-state index contributed by atoms with van der Waals surface area (Å²) in [7, 11) is 0. The van der Waals surface area contributed by atoms with E-state index in [2.05, 4.69) is 15.6 Å². The molecule has 2 aromatic rings. The van der Waals surface area contributed by atoms with Gasteiger partial charge in [0.2, 0.25) is 0 Å². The van der Waals surface area contributed by atoms with Gasteiger partial charge in [-0.2, -0.15) is 0 Å². The highest BCUT2D eigenvalue weighted by Crippen LogP contribution is 2.23. The van der Waals surface area contributed by atoms with Crippen LogP contribution in [0.3, 0.4) is 0 Å². The van der Waals surface area contributed by atoms with Gasteiger partial charge in [-0.25, -0.2) is 4.39 Å². The van der Waals surface area contributed by atoms with Crippen molar-refractivity contribution in [1.82, 2.24) is 15.6 Å². The maximum Gasteiger partial charge on any atom is 0.253 e. The van der Waals surface area contributed by atoms with Crippen molar-refractivity contribution in [2.45, 2.75) is 6.92 Å². The molecule has 2 rings (SSSR count). The quantitative estimate of drug-likeness (QED) is 0.708. The number of aromatic nitrogens is 1. The molecule has 0 unspecified atom stereocenters. The minimum atomic E-state index is -0.291. The summed E-state index contributed by atoms with van der Waals surface area (Å²) in [4.78, 5) is 15.0. The van der Waals surface area contributed by atoms with Crippen LogP contribution in [-0.4, -0.2) is 30.5 Å². The van der Waals surface area contributed by atoms with Crippen molar-refractivity contribution in [3.63, 3.8) is 0 Å². The van der Waals surface area contributed by atoms with E-state index in [1.165, 1.54) is 12.1 Å². The number of rotatable bonds is 6. The van der Waals surface area contributed by atoms with E-state index in [0.717, 1.165) is 24.2 Å². The Morgan fingerprint density at radius 3 is 2.65 bits per heavy atom. The predicted octanol–water partition coefficient (Wildman–Crippen LogP) is 2.16. The normalized spacial score (nSPS) is 10.5. The van der Waals surface area contributed by atoms with E-state index in [4.69, 9.17) is 0 Å². The Hall–Kier alpha value is -2.14.